The van der Waals surface area contributed by atoms with Crippen LogP contribution in [0.2, 0.25) is 0 Å². The number of anilines is 1. The van der Waals surface area contributed by atoms with Crippen LogP contribution in [-0.2, 0) is 11.2 Å². The topological polar surface area (TPSA) is 37.6 Å². The average molecular weight is 364 g/mol. The first-order valence-corrected chi connectivity index (χ1v) is 10.2. The van der Waals surface area contributed by atoms with Gasteiger partial charge in [0.15, 0.2) is 11.6 Å². The Morgan fingerprint density at radius 3 is 2.96 bits per heavy atom. The number of aromatic nitrogens is 1. The highest BCUT2D eigenvalue weighted by Crippen LogP contribution is 2.29. The molecule has 2 aliphatic rings. The summed E-state index contributed by atoms with van der Waals surface area (Å²) in [6.45, 7) is 2.44. The van der Waals surface area contributed by atoms with Crippen LogP contribution < -0.4 is 9.80 Å². The van der Waals surface area contributed by atoms with Crippen molar-refractivity contribution < 1.29 is 9.69 Å². The molecule has 1 unspecified atom stereocenters. The third kappa shape index (κ3) is 2.72. The van der Waals surface area contributed by atoms with Crippen LogP contribution in [0.25, 0.3) is 10.2 Å². The Morgan fingerprint density at radius 1 is 1.19 bits per heavy atom. The van der Waals surface area contributed by atoms with Crippen LogP contribution in [0.15, 0.2) is 48.5 Å². The largest absolute Gasteiger partial charge is 0.319 e. The highest BCUT2D eigenvalue weighted by molar-refractivity contribution is 7.18. The van der Waals surface area contributed by atoms with Crippen LogP contribution in [0.4, 0.5) is 5.69 Å². The van der Waals surface area contributed by atoms with Crippen LogP contribution in [0, 0.1) is 0 Å². The maximum atomic E-state index is 13.0. The fourth-order valence-electron chi connectivity index (χ4n) is 4.35. The maximum absolute atomic E-state index is 13.0. The Bertz CT molecular complexity index is 934. The average Bonchev–Trinajstić information content (AvgIpc) is 3.38. The van der Waals surface area contributed by atoms with Gasteiger partial charge in [-0.1, -0.05) is 30.3 Å². The smallest absolute Gasteiger partial charge is 0.282 e. The van der Waals surface area contributed by atoms with Crippen LogP contribution in [0.1, 0.15) is 29.5 Å². The van der Waals surface area contributed by atoms with Crippen LogP contribution in [0.5, 0.6) is 0 Å². The Labute approximate surface area is 157 Å². The molecule has 1 N–H and O–H groups in total. The van der Waals surface area contributed by atoms with Gasteiger partial charge in [0.25, 0.3) is 5.91 Å². The van der Waals surface area contributed by atoms with E-state index in [1.165, 1.54) is 26.6 Å². The Hall–Kier alpha value is -2.24. The van der Waals surface area contributed by atoms with E-state index in [9.17, 15) is 4.79 Å². The van der Waals surface area contributed by atoms with E-state index >= 15 is 0 Å². The van der Waals surface area contributed by atoms with Gasteiger partial charge in [0, 0.05) is 25.1 Å². The molecule has 0 radical (unpaired) electrons. The van der Waals surface area contributed by atoms with E-state index < -0.39 is 0 Å². The molecule has 1 saturated heterocycles. The first-order valence-electron chi connectivity index (χ1n) is 9.38. The molecule has 0 aliphatic carbocycles. The minimum Gasteiger partial charge on any atom is -0.319 e. The molecule has 1 amide bonds. The number of carbonyl (C=O) groups excluding carboxylic acids is 1. The second-order valence-corrected chi connectivity index (χ2v) is 8.29. The first kappa shape index (κ1) is 16.0. The summed E-state index contributed by atoms with van der Waals surface area (Å²) >= 11 is 1.79. The highest BCUT2D eigenvalue weighted by atomic mass is 32.1. The number of hydrogen-bond donors (Lipinski definition) is 1. The summed E-state index contributed by atoms with van der Waals surface area (Å²) in [5, 5.41) is 1.19. The van der Waals surface area contributed by atoms with Gasteiger partial charge in [0.05, 0.1) is 16.8 Å². The van der Waals surface area contributed by atoms with Gasteiger partial charge in [-0.05, 0) is 30.2 Å². The number of thiazole rings is 1. The Morgan fingerprint density at radius 2 is 2.04 bits per heavy atom. The number of nitrogens with zero attached hydrogens (tertiary/aromatic N) is 2. The number of para-hydroxylation sites is 2. The number of carbonyl (C=O) groups is 1. The number of likely N-dealkylation sites (tertiary alicyclic amines) is 1. The molecule has 5 heteroatoms. The minimum absolute atomic E-state index is 0.248. The summed E-state index contributed by atoms with van der Waals surface area (Å²) in [6.07, 6.45) is 3.26. The second kappa shape index (κ2) is 6.49. The van der Waals surface area contributed by atoms with Crippen LogP contribution >= 0.6 is 11.3 Å². The van der Waals surface area contributed by atoms with Crippen LogP contribution in [0.3, 0.4) is 0 Å². The fraction of sp³-hybridized carbons (Fsp3) is 0.333. The number of rotatable bonds is 3. The lowest BCUT2D eigenvalue weighted by molar-refractivity contribution is -0.910. The van der Waals surface area contributed by atoms with Crippen molar-refractivity contribution in [3.63, 3.8) is 0 Å². The molecule has 0 spiro atoms. The number of amides is 1. The van der Waals surface area contributed by atoms with Gasteiger partial charge in [0.2, 0.25) is 0 Å². The molecular weight excluding hydrogens is 342 g/mol. The molecule has 2 aliphatic heterocycles. The van der Waals surface area contributed by atoms with Gasteiger partial charge in [0.1, 0.15) is 6.04 Å². The Balaban J connectivity index is 1.36. The number of benzene rings is 2. The quantitative estimate of drug-likeness (QED) is 0.776. The molecule has 1 fully saturated rings. The molecule has 0 bridgehead atoms. The van der Waals surface area contributed by atoms with Crippen molar-refractivity contribution in [3.8, 4) is 0 Å². The second-order valence-electron chi connectivity index (χ2n) is 7.22. The van der Waals surface area contributed by atoms with E-state index in [1.54, 1.807) is 11.3 Å². The molecule has 4 nitrogen and oxygen atoms in total. The van der Waals surface area contributed by atoms with E-state index in [2.05, 4.69) is 36.4 Å². The monoisotopic (exact) mass is 364 g/mol. The van der Waals surface area contributed by atoms with Crippen molar-refractivity contribution in [2.75, 3.05) is 24.5 Å². The van der Waals surface area contributed by atoms with E-state index in [0.29, 0.717) is 12.6 Å². The van der Waals surface area contributed by atoms with Crippen molar-refractivity contribution in [1.29, 1.82) is 0 Å². The van der Waals surface area contributed by atoms with E-state index in [4.69, 9.17) is 4.98 Å². The van der Waals surface area contributed by atoms with Crippen molar-refractivity contribution in [3.05, 3.63) is 59.1 Å². The van der Waals surface area contributed by atoms with E-state index in [-0.39, 0.29) is 5.91 Å². The summed E-state index contributed by atoms with van der Waals surface area (Å²) in [4.78, 5) is 21.2. The molecule has 132 valence electrons. The van der Waals surface area contributed by atoms with Gasteiger partial charge < -0.3 is 9.80 Å². The van der Waals surface area contributed by atoms with E-state index in [1.807, 2.05) is 17.0 Å². The van der Waals surface area contributed by atoms with Gasteiger partial charge in [-0.25, -0.2) is 4.98 Å². The summed E-state index contributed by atoms with van der Waals surface area (Å²) in [6, 6.07) is 17.0. The summed E-state index contributed by atoms with van der Waals surface area (Å²) < 4.78 is 1.24. The minimum atomic E-state index is 0.248. The molecule has 2 atom stereocenters. The molecule has 0 saturated carbocycles. The van der Waals surface area contributed by atoms with Crippen molar-refractivity contribution in [1.82, 2.24) is 4.98 Å². The molecule has 3 heterocycles. The third-order valence-corrected chi connectivity index (χ3v) is 6.81. The number of fused-ring (bicyclic) bond motifs is 2. The fourth-order valence-corrected chi connectivity index (χ4v) is 5.51. The predicted molar refractivity (Wildman–Crippen MR) is 105 cm³/mol. The lowest BCUT2D eigenvalue weighted by atomic mass is 10.2. The normalized spacial score (nSPS) is 22.1. The lowest BCUT2D eigenvalue weighted by Gasteiger charge is -2.23. The molecular formula is C21H22N3OS+. The Kier molecular flexibility index (Phi) is 3.98. The zero-order chi connectivity index (χ0) is 17.5. The lowest BCUT2D eigenvalue weighted by Crippen LogP contribution is -3.11. The maximum Gasteiger partial charge on any atom is 0.282 e. The number of hydrogen-bond acceptors (Lipinski definition) is 3. The van der Waals surface area contributed by atoms with Crippen molar-refractivity contribution in [2.45, 2.75) is 25.3 Å². The zero-order valence-electron chi connectivity index (χ0n) is 14.6. The molecule has 2 aromatic carbocycles. The molecule has 3 aromatic rings. The number of quaternary nitrogens is 1. The predicted octanol–water partition coefficient (Wildman–Crippen LogP) is 2.61. The molecule has 1 aromatic heterocycles. The SMILES string of the molecule is O=C(C[NH+]1CCC[C@@H]1c1nc2ccccc2s1)N1CCc2ccccc21. The van der Waals surface area contributed by atoms with Gasteiger partial charge >= 0.3 is 0 Å². The summed E-state index contributed by atoms with van der Waals surface area (Å²) in [7, 11) is 0. The van der Waals surface area contributed by atoms with Gasteiger partial charge in [-0.2, -0.15) is 0 Å². The zero-order valence-corrected chi connectivity index (χ0v) is 15.5. The summed E-state index contributed by atoms with van der Waals surface area (Å²) in [5.41, 5.74) is 3.48. The van der Waals surface area contributed by atoms with Crippen LogP contribution in [-0.4, -0.2) is 30.5 Å². The van der Waals surface area contributed by atoms with Crippen molar-refractivity contribution >= 4 is 33.1 Å². The molecule has 26 heavy (non-hydrogen) atoms. The standard InChI is InChI=1S/C21H21N3OS/c25-20(24-13-11-15-6-1-3-8-17(15)24)14-23-12-5-9-18(23)21-22-16-7-2-4-10-19(16)26-21/h1-4,6-8,10,18H,5,9,11-14H2/p+1/t18-/m1/s1. The first-order chi connectivity index (χ1) is 12.8. The van der Waals surface area contributed by atoms with Gasteiger partial charge in [-0.3, -0.25) is 4.79 Å². The third-order valence-electron chi connectivity index (χ3n) is 5.66. The van der Waals surface area contributed by atoms with Crippen molar-refractivity contribution in [2.24, 2.45) is 0 Å². The van der Waals surface area contributed by atoms with E-state index in [0.717, 1.165) is 37.1 Å². The highest BCUT2D eigenvalue weighted by Gasteiger charge is 2.36. The number of nitrogens with one attached hydrogen (secondary N) is 1. The van der Waals surface area contributed by atoms with Gasteiger partial charge in [-0.15, -0.1) is 11.3 Å². The molecule has 5 rings (SSSR count). The summed E-state index contributed by atoms with van der Waals surface area (Å²) in [5.74, 6) is 0.248.